The van der Waals surface area contributed by atoms with Crippen molar-refractivity contribution in [2.75, 3.05) is 5.32 Å². The smallest absolute Gasteiger partial charge is 0.312 e. The standard InChI is InChI=1S/C11H9N5O3/c1-7-2-9(19-15-7)6-14-11-10(16(17)18)3-8(4-12)5-13-11/h2-3,5H,6H2,1H3,(H,13,14). The van der Waals surface area contributed by atoms with E-state index in [1.807, 2.05) is 0 Å². The minimum atomic E-state index is -0.595. The predicted molar refractivity (Wildman–Crippen MR) is 64.2 cm³/mol. The Kier molecular flexibility index (Phi) is 3.38. The molecule has 8 nitrogen and oxygen atoms in total. The van der Waals surface area contributed by atoms with E-state index in [0.29, 0.717) is 5.76 Å². The first-order chi connectivity index (χ1) is 9.10. The lowest BCUT2D eigenvalue weighted by Crippen LogP contribution is -2.04. The largest absolute Gasteiger partial charge is 0.359 e. The average Bonchev–Trinajstić information content (AvgIpc) is 2.82. The number of nitrogens with zero attached hydrogens (tertiary/aromatic N) is 4. The van der Waals surface area contributed by atoms with Crippen LogP contribution in [-0.2, 0) is 6.54 Å². The monoisotopic (exact) mass is 259 g/mol. The summed E-state index contributed by atoms with van der Waals surface area (Å²) < 4.78 is 4.97. The van der Waals surface area contributed by atoms with E-state index in [2.05, 4.69) is 15.5 Å². The van der Waals surface area contributed by atoms with Gasteiger partial charge in [-0.05, 0) is 6.92 Å². The molecule has 0 aliphatic carbocycles. The van der Waals surface area contributed by atoms with Crippen LogP contribution in [0, 0.1) is 28.4 Å². The lowest BCUT2D eigenvalue weighted by atomic mass is 10.2. The number of aryl methyl sites for hydroxylation is 1. The van der Waals surface area contributed by atoms with Crippen LogP contribution in [0.25, 0.3) is 0 Å². The van der Waals surface area contributed by atoms with Gasteiger partial charge in [0.25, 0.3) is 0 Å². The molecular formula is C11H9N5O3. The summed E-state index contributed by atoms with van der Waals surface area (Å²) in [7, 11) is 0. The van der Waals surface area contributed by atoms with Gasteiger partial charge in [0.1, 0.15) is 6.07 Å². The first-order valence-corrected chi connectivity index (χ1v) is 5.30. The van der Waals surface area contributed by atoms with Gasteiger partial charge < -0.3 is 9.84 Å². The maximum Gasteiger partial charge on any atom is 0.312 e. The van der Waals surface area contributed by atoms with Gasteiger partial charge in [-0.1, -0.05) is 5.16 Å². The van der Waals surface area contributed by atoms with Crippen molar-refractivity contribution in [2.24, 2.45) is 0 Å². The molecule has 0 unspecified atom stereocenters. The number of hydrogen-bond acceptors (Lipinski definition) is 7. The summed E-state index contributed by atoms with van der Waals surface area (Å²) in [5.41, 5.74) is 0.599. The van der Waals surface area contributed by atoms with Crippen LogP contribution in [0.2, 0.25) is 0 Å². The van der Waals surface area contributed by atoms with Gasteiger partial charge in [-0.25, -0.2) is 4.98 Å². The first kappa shape index (κ1) is 12.5. The van der Waals surface area contributed by atoms with Crippen molar-refractivity contribution in [2.45, 2.75) is 13.5 Å². The van der Waals surface area contributed by atoms with Crippen molar-refractivity contribution >= 4 is 11.5 Å². The zero-order valence-corrected chi connectivity index (χ0v) is 9.95. The van der Waals surface area contributed by atoms with E-state index >= 15 is 0 Å². The SMILES string of the molecule is Cc1cc(CNc2ncc(C#N)cc2[N+](=O)[O-])on1. The molecule has 0 atom stereocenters. The zero-order chi connectivity index (χ0) is 13.8. The number of hydrogen-bond donors (Lipinski definition) is 1. The van der Waals surface area contributed by atoms with E-state index in [-0.39, 0.29) is 23.6 Å². The number of nitriles is 1. The fourth-order valence-electron chi connectivity index (χ4n) is 1.46. The number of anilines is 1. The second kappa shape index (κ2) is 5.14. The molecule has 0 aliphatic heterocycles. The molecule has 2 rings (SSSR count). The third-order valence-electron chi connectivity index (χ3n) is 2.30. The van der Waals surface area contributed by atoms with Crippen LogP contribution in [0.1, 0.15) is 17.0 Å². The third kappa shape index (κ3) is 2.84. The van der Waals surface area contributed by atoms with Gasteiger partial charge in [0.15, 0.2) is 5.76 Å². The lowest BCUT2D eigenvalue weighted by Gasteiger charge is -2.03. The van der Waals surface area contributed by atoms with Crippen molar-refractivity contribution in [1.29, 1.82) is 5.26 Å². The summed E-state index contributed by atoms with van der Waals surface area (Å²) in [6.07, 6.45) is 1.26. The van der Waals surface area contributed by atoms with Crippen molar-refractivity contribution < 1.29 is 9.45 Å². The van der Waals surface area contributed by atoms with Crippen LogP contribution in [-0.4, -0.2) is 15.1 Å². The highest BCUT2D eigenvalue weighted by Crippen LogP contribution is 2.23. The van der Waals surface area contributed by atoms with E-state index in [1.54, 1.807) is 19.1 Å². The summed E-state index contributed by atoms with van der Waals surface area (Å²) >= 11 is 0. The van der Waals surface area contributed by atoms with E-state index in [1.165, 1.54) is 12.3 Å². The second-order valence-electron chi connectivity index (χ2n) is 3.75. The topological polar surface area (TPSA) is 118 Å². The molecule has 0 bridgehead atoms. The van der Waals surface area contributed by atoms with E-state index in [4.69, 9.17) is 9.78 Å². The normalized spacial score (nSPS) is 9.89. The molecule has 2 aromatic heterocycles. The minimum Gasteiger partial charge on any atom is -0.359 e. The number of nitrogens with one attached hydrogen (secondary N) is 1. The van der Waals surface area contributed by atoms with E-state index in [0.717, 1.165) is 5.69 Å². The van der Waals surface area contributed by atoms with Crippen LogP contribution in [0.15, 0.2) is 22.9 Å². The Balaban J connectivity index is 2.20. The third-order valence-corrected chi connectivity index (χ3v) is 2.30. The van der Waals surface area contributed by atoms with Gasteiger partial charge in [-0.15, -0.1) is 0 Å². The van der Waals surface area contributed by atoms with E-state index in [9.17, 15) is 10.1 Å². The average molecular weight is 259 g/mol. The van der Waals surface area contributed by atoms with Crippen molar-refractivity contribution in [1.82, 2.24) is 10.1 Å². The molecule has 0 saturated heterocycles. The predicted octanol–water partition coefficient (Wildman–Crippen LogP) is 1.77. The molecule has 0 radical (unpaired) electrons. The summed E-state index contributed by atoms with van der Waals surface area (Å²) in [6, 6.07) is 4.68. The Bertz CT molecular complexity index is 659. The number of pyridine rings is 1. The van der Waals surface area contributed by atoms with Gasteiger partial charge in [-0.2, -0.15) is 5.26 Å². The molecule has 0 spiro atoms. The maximum atomic E-state index is 10.9. The quantitative estimate of drug-likeness (QED) is 0.656. The fourth-order valence-corrected chi connectivity index (χ4v) is 1.46. The highest BCUT2D eigenvalue weighted by atomic mass is 16.6. The number of nitro groups is 1. The number of rotatable bonds is 4. The maximum absolute atomic E-state index is 10.9. The first-order valence-electron chi connectivity index (χ1n) is 5.30. The van der Waals surface area contributed by atoms with Gasteiger partial charge in [0.2, 0.25) is 5.82 Å². The van der Waals surface area contributed by atoms with Gasteiger partial charge in [-0.3, -0.25) is 10.1 Å². The van der Waals surface area contributed by atoms with Crippen LogP contribution < -0.4 is 5.32 Å². The van der Waals surface area contributed by atoms with Crippen LogP contribution in [0.3, 0.4) is 0 Å². The van der Waals surface area contributed by atoms with Crippen LogP contribution in [0.5, 0.6) is 0 Å². The Morgan fingerprint density at radius 3 is 2.95 bits per heavy atom. The number of aromatic nitrogens is 2. The van der Waals surface area contributed by atoms with Crippen molar-refractivity contribution in [3.05, 3.63) is 45.5 Å². The fraction of sp³-hybridized carbons (Fsp3) is 0.182. The molecule has 8 heteroatoms. The highest BCUT2D eigenvalue weighted by Gasteiger charge is 2.16. The molecular weight excluding hydrogens is 250 g/mol. The van der Waals surface area contributed by atoms with Crippen LogP contribution in [0.4, 0.5) is 11.5 Å². The molecule has 0 aromatic carbocycles. The summed E-state index contributed by atoms with van der Waals surface area (Å²) in [5, 5.41) is 26.1. The summed E-state index contributed by atoms with van der Waals surface area (Å²) in [6.45, 7) is 2.00. The van der Waals surface area contributed by atoms with Gasteiger partial charge in [0.05, 0.1) is 22.7 Å². The second-order valence-corrected chi connectivity index (χ2v) is 3.75. The van der Waals surface area contributed by atoms with Gasteiger partial charge in [0, 0.05) is 18.3 Å². The molecule has 1 N–H and O–H groups in total. The molecule has 96 valence electrons. The van der Waals surface area contributed by atoms with E-state index < -0.39 is 4.92 Å². The molecule has 0 saturated carbocycles. The van der Waals surface area contributed by atoms with Crippen LogP contribution >= 0.6 is 0 Å². The minimum absolute atomic E-state index is 0.0815. The van der Waals surface area contributed by atoms with Gasteiger partial charge >= 0.3 is 5.69 Å². The zero-order valence-electron chi connectivity index (χ0n) is 9.95. The Hall–Kier alpha value is -2.95. The molecule has 19 heavy (non-hydrogen) atoms. The lowest BCUT2D eigenvalue weighted by molar-refractivity contribution is -0.384. The van der Waals surface area contributed by atoms with Crippen molar-refractivity contribution in [3.63, 3.8) is 0 Å². The molecule has 0 fully saturated rings. The molecule has 0 aliphatic rings. The Morgan fingerprint density at radius 1 is 1.58 bits per heavy atom. The summed E-state index contributed by atoms with van der Waals surface area (Å²) in [4.78, 5) is 14.1. The molecule has 2 heterocycles. The highest BCUT2D eigenvalue weighted by molar-refractivity contribution is 5.58. The Morgan fingerprint density at radius 2 is 2.37 bits per heavy atom. The molecule has 2 aromatic rings. The Labute approximate surface area is 107 Å². The summed E-state index contributed by atoms with van der Waals surface area (Å²) in [5.74, 6) is 0.621. The van der Waals surface area contributed by atoms with Crippen molar-refractivity contribution in [3.8, 4) is 6.07 Å². The molecule has 0 amide bonds.